The molecule has 0 aromatic carbocycles. The molecule has 0 fully saturated rings. The van der Waals surface area contributed by atoms with Crippen molar-refractivity contribution in [1.82, 2.24) is 0 Å². The Morgan fingerprint density at radius 3 is 1.71 bits per heavy atom. The standard InChI is InChI=1S/C14H18O3/c1-3-9-16-13(5-1)7-11-15-12-8-14-6-2-4-10-17-14/h1-6,9-10,13-14H,7-8,11-12H2. The Hall–Kier alpha value is -1.48. The van der Waals surface area contributed by atoms with Gasteiger partial charge >= 0.3 is 0 Å². The van der Waals surface area contributed by atoms with Gasteiger partial charge < -0.3 is 14.2 Å². The van der Waals surface area contributed by atoms with E-state index in [9.17, 15) is 0 Å². The van der Waals surface area contributed by atoms with Crippen LogP contribution in [0.1, 0.15) is 12.8 Å². The molecule has 3 nitrogen and oxygen atoms in total. The fraction of sp³-hybridized carbons (Fsp3) is 0.429. The fourth-order valence-corrected chi connectivity index (χ4v) is 1.68. The quantitative estimate of drug-likeness (QED) is 0.661. The van der Waals surface area contributed by atoms with Crippen molar-refractivity contribution in [3.63, 3.8) is 0 Å². The highest BCUT2D eigenvalue weighted by atomic mass is 16.5. The first kappa shape index (κ1) is 12.0. The second-order valence-corrected chi connectivity index (χ2v) is 3.97. The van der Waals surface area contributed by atoms with Crippen LogP contribution in [0.2, 0.25) is 0 Å². The van der Waals surface area contributed by atoms with Crippen molar-refractivity contribution >= 4 is 0 Å². The van der Waals surface area contributed by atoms with Gasteiger partial charge in [-0.2, -0.15) is 0 Å². The molecule has 3 heteroatoms. The summed E-state index contributed by atoms with van der Waals surface area (Å²) in [7, 11) is 0. The normalized spacial score (nSPS) is 25.6. The molecule has 0 saturated carbocycles. The first-order valence-electron chi connectivity index (χ1n) is 6.00. The molecule has 0 spiro atoms. The van der Waals surface area contributed by atoms with Crippen LogP contribution in [-0.2, 0) is 14.2 Å². The Kier molecular flexibility index (Phi) is 4.91. The van der Waals surface area contributed by atoms with Gasteiger partial charge in [-0.15, -0.1) is 0 Å². The zero-order valence-corrected chi connectivity index (χ0v) is 9.83. The summed E-state index contributed by atoms with van der Waals surface area (Å²) >= 11 is 0. The molecule has 2 aliphatic heterocycles. The lowest BCUT2D eigenvalue weighted by atomic mass is 10.2. The van der Waals surface area contributed by atoms with Crippen molar-refractivity contribution in [2.45, 2.75) is 25.0 Å². The maximum atomic E-state index is 5.56. The Bertz CT molecular complexity index is 296. The van der Waals surface area contributed by atoms with Gasteiger partial charge in [-0.3, -0.25) is 0 Å². The molecule has 2 atom stereocenters. The summed E-state index contributed by atoms with van der Waals surface area (Å²) in [6.45, 7) is 1.43. The summed E-state index contributed by atoms with van der Waals surface area (Å²) in [6.07, 6.45) is 17.4. The molecule has 2 aliphatic rings. The van der Waals surface area contributed by atoms with Crippen molar-refractivity contribution in [3.8, 4) is 0 Å². The van der Waals surface area contributed by atoms with E-state index < -0.39 is 0 Å². The van der Waals surface area contributed by atoms with Crippen LogP contribution in [0.15, 0.2) is 49.0 Å². The minimum Gasteiger partial charge on any atom is -0.494 e. The second kappa shape index (κ2) is 6.97. The lowest BCUT2D eigenvalue weighted by Gasteiger charge is -2.16. The highest BCUT2D eigenvalue weighted by molar-refractivity contribution is 5.08. The largest absolute Gasteiger partial charge is 0.494 e. The topological polar surface area (TPSA) is 27.7 Å². The molecule has 0 amide bonds. The first-order chi connectivity index (χ1) is 8.45. The molecule has 0 aliphatic carbocycles. The molecule has 2 rings (SSSR count). The predicted molar refractivity (Wildman–Crippen MR) is 66.4 cm³/mol. The molecule has 2 unspecified atom stereocenters. The van der Waals surface area contributed by atoms with Gasteiger partial charge in [-0.05, 0) is 24.3 Å². The molecule has 0 saturated heterocycles. The van der Waals surface area contributed by atoms with Crippen LogP contribution in [0.4, 0.5) is 0 Å². The molecule has 0 N–H and O–H groups in total. The Balaban J connectivity index is 1.49. The van der Waals surface area contributed by atoms with Crippen molar-refractivity contribution in [2.24, 2.45) is 0 Å². The Morgan fingerprint density at radius 2 is 1.29 bits per heavy atom. The van der Waals surface area contributed by atoms with Crippen molar-refractivity contribution in [2.75, 3.05) is 13.2 Å². The summed E-state index contributed by atoms with van der Waals surface area (Å²) in [4.78, 5) is 0. The van der Waals surface area contributed by atoms with E-state index in [1.54, 1.807) is 12.5 Å². The molecule has 0 aromatic heterocycles. The first-order valence-corrected chi connectivity index (χ1v) is 6.00. The Morgan fingerprint density at radius 1 is 0.765 bits per heavy atom. The zero-order chi connectivity index (χ0) is 11.8. The van der Waals surface area contributed by atoms with Crippen molar-refractivity contribution < 1.29 is 14.2 Å². The average molecular weight is 234 g/mol. The van der Waals surface area contributed by atoms with Gasteiger partial charge in [0.2, 0.25) is 0 Å². The lowest BCUT2D eigenvalue weighted by molar-refractivity contribution is 0.0674. The van der Waals surface area contributed by atoms with Crippen molar-refractivity contribution in [3.05, 3.63) is 49.0 Å². The highest BCUT2D eigenvalue weighted by Crippen LogP contribution is 2.08. The van der Waals surface area contributed by atoms with E-state index in [0.29, 0.717) is 0 Å². The van der Waals surface area contributed by atoms with E-state index in [4.69, 9.17) is 14.2 Å². The van der Waals surface area contributed by atoms with Gasteiger partial charge in [0.05, 0.1) is 25.7 Å². The molecule has 17 heavy (non-hydrogen) atoms. The second-order valence-electron chi connectivity index (χ2n) is 3.97. The van der Waals surface area contributed by atoms with Crippen molar-refractivity contribution in [1.29, 1.82) is 0 Å². The molecular weight excluding hydrogens is 216 g/mol. The fourth-order valence-electron chi connectivity index (χ4n) is 1.68. The van der Waals surface area contributed by atoms with E-state index in [0.717, 1.165) is 26.1 Å². The average Bonchev–Trinajstić information content (AvgIpc) is 2.41. The maximum Gasteiger partial charge on any atom is 0.118 e. The monoisotopic (exact) mass is 234 g/mol. The molecule has 0 aromatic rings. The number of rotatable bonds is 6. The predicted octanol–water partition coefficient (Wildman–Crippen LogP) is 2.72. The summed E-state index contributed by atoms with van der Waals surface area (Å²) in [6, 6.07) is 0. The van der Waals surface area contributed by atoms with Gasteiger partial charge in [0, 0.05) is 12.8 Å². The summed E-state index contributed by atoms with van der Waals surface area (Å²) in [5.41, 5.74) is 0. The van der Waals surface area contributed by atoms with E-state index in [2.05, 4.69) is 0 Å². The van der Waals surface area contributed by atoms with Gasteiger partial charge in [-0.1, -0.05) is 12.2 Å². The number of hydrogen-bond acceptors (Lipinski definition) is 3. The SMILES string of the molecule is C1=COC(CCOCCC2C=CC=CO2)C=C1. The summed E-state index contributed by atoms with van der Waals surface area (Å²) in [5.74, 6) is 0. The smallest absolute Gasteiger partial charge is 0.118 e. The van der Waals surface area contributed by atoms with Gasteiger partial charge in [0.25, 0.3) is 0 Å². The highest BCUT2D eigenvalue weighted by Gasteiger charge is 2.07. The third-order valence-electron chi connectivity index (χ3n) is 2.63. The summed E-state index contributed by atoms with van der Waals surface area (Å²) < 4.78 is 16.3. The van der Waals surface area contributed by atoms with E-state index in [1.807, 2.05) is 36.5 Å². The molecular formula is C14H18O3. The molecule has 0 radical (unpaired) electrons. The maximum absolute atomic E-state index is 5.56. The van der Waals surface area contributed by atoms with E-state index >= 15 is 0 Å². The minimum absolute atomic E-state index is 0.161. The minimum atomic E-state index is 0.161. The van der Waals surface area contributed by atoms with Gasteiger partial charge in [-0.25, -0.2) is 0 Å². The Labute approximate surface area is 102 Å². The summed E-state index contributed by atoms with van der Waals surface area (Å²) in [5, 5.41) is 0. The van der Waals surface area contributed by atoms with Gasteiger partial charge in [0.15, 0.2) is 0 Å². The molecule has 0 bridgehead atoms. The number of hydrogen-bond donors (Lipinski definition) is 0. The van der Waals surface area contributed by atoms with E-state index in [1.165, 1.54) is 0 Å². The van der Waals surface area contributed by atoms with E-state index in [-0.39, 0.29) is 12.2 Å². The van der Waals surface area contributed by atoms with Crippen LogP contribution in [-0.4, -0.2) is 25.4 Å². The zero-order valence-electron chi connectivity index (χ0n) is 9.83. The van der Waals surface area contributed by atoms with Gasteiger partial charge in [0.1, 0.15) is 12.2 Å². The van der Waals surface area contributed by atoms with Crippen LogP contribution in [0, 0.1) is 0 Å². The molecule has 92 valence electrons. The van der Waals surface area contributed by atoms with Crippen LogP contribution in [0.5, 0.6) is 0 Å². The third-order valence-corrected chi connectivity index (χ3v) is 2.63. The van der Waals surface area contributed by atoms with Crippen LogP contribution < -0.4 is 0 Å². The van der Waals surface area contributed by atoms with Crippen LogP contribution >= 0.6 is 0 Å². The third kappa shape index (κ3) is 4.49. The number of ether oxygens (including phenoxy) is 3. The number of allylic oxidation sites excluding steroid dienone is 4. The molecule has 2 heterocycles. The van der Waals surface area contributed by atoms with Crippen LogP contribution in [0.25, 0.3) is 0 Å². The lowest BCUT2D eigenvalue weighted by Crippen LogP contribution is -2.15. The van der Waals surface area contributed by atoms with Crippen LogP contribution in [0.3, 0.4) is 0 Å².